The lowest BCUT2D eigenvalue weighted by atomic mass is 9.86. The number of carboxylic acids is 1. The number of rotatable bonds is 6. The second-order valence-electron chi connectivity index (χ2n) is 5.77. The van der Waals surface area contributed by atoms with Gasteiger partial charge in [-0.1, -0.05) is 12.1 Å². The number of carbonyl (C=O) groups is 1. The van der Waals surface area contributed by atoms with Gasteiger partial charge in [0.1, 0.15) is 5.75 Å². The zero-order valence-corrected chi connectivity index (χ0v) is 11.0. The quantitative estimate of drug-likeness (QED) is 0.841. The van der Waals surface area contributed by atoms with E-state index in [1.165, 1.54) is 12.8 Å². The Morgan fingerprint density at radius 3 is 2.78 bits per heavy atom. The van der Waals surface area contributed by atoms with E-state index in [2.05, 4.69) is 0 Å². The number of benzene rings is 1. The minimum absolute atomic E-state index is 0.517. The van der Waals surface area contributed by atoms with Crippen LogP contribution in [0.3, 0.4) is 0 Å². The summed E-state index contributed by atoms with van der Waals surface area (Å²) in [5.41, 5.74) is 0.269. The van der Waals surface area contributed by atoms with Gasteiger partial charge in [0.15, 0.2) is 0 Å². The Balaban J connectivity index is 1.99. The van der Waals surface area contributed by atoms with E-state index in [9.17, 15) is 4.79 Å². The molecule has 1 N–H and O–H groups in total. The molecule has 18 heavy (non-hydrogen) atoms. The summed E-state index contributed by atoms with van der Waals surface area (Å²) in [5, 5.41) is 9.13. The van der Waals surface area contributed by atoms with Crippen molar-refractivity contribution in [3.8, 4) is 5.75 Å². The average molecular weight is 248 g/mol. The van der Waals surface area contributed by atoms with Crippen molar-refractivity contribution < 1.29 is 14.6 Å². The molecule has 0 bridgehead atoms. The SMILES string of the molecule is CC(C)(Cc1cccc(OCC2CC2)c1)C(=O)O. The number of hydrogen-bond donors (Lipinski definition) is 1. The second kappa shape index (κ2) is 5.01. The Kier molecular flexibility index (Phi) is 3.60. The highest BCUT2D eigenvalue weighted by molar-refractivity contribution is 5.74. The first kappa shape index (κ1) is 12.9. The summed E-state index contributed by atoms with van der Waals surface area (Å²) in [6.07, 6.45) is 3.06. The van der Waals surface area contributed by atoms with Crippen molar-refractivity contribution in [1.82, 2.24) is 0 Å². The minimum Gasteiger partial charge on any atom is -0.493 e. The molecule has 0 saturated heterocycles. The largest absolute Gasteiger partial charge is 0.493 e. The number of hydrogen-bond acceptors (Lipinski definition) is 2. The van der Waals surface area contributed by atoms with E-state index in [-0.39, 0.29) is 0 Å². The van der Waals surface area contributed by atoms with Crippen LogP contribution in [0.5, 0.6) is 5.75 Å². The summed E-state index contributed by atoms with van der Waals surface area (Å²) < 4.78 is 5.70. The standard InChI is InChI=1S/C15H20O3/c1-15(2,14(16)17)9-12-4-3-5-13(8-12)18-10-11-6-7-11/h3-5,8,11H,6-7,9-10H2,1-2H3,(H,16,17). The molecule has 1 saturated carbocycles. The van der Waals surface area contributed by atoms with Crippen molar-refractivity contribution in [3.05, 3.63) is 29.8 Å². The van der Waals surface area contributed by atoms with E-state index in [0.29, 0.717) is 6.42 Å². The van der Waals surface area contributed by atoms with E-state index < -0.39 is 11.4 Å². The zero-order chi connectivity index (χ0) is 13.2. The van der Waals surface area contributed by atoms with Crippen molar-refractivity contribution in [1.29, 1.82) is 0 Å². The van der Waals surface area contributed by atoms with Gasteiger partial charge in [-0.15, -0.1) is 0 Å². The normalized spacial score (nSPS) is 15.4. The van der Waals surface area contributed by atoms with Gasteiger partial charge in [0.25, 0.3) is 0 Å². The molecule has 0 radical (unpaired) electrons. The summed E-state index contributed by atoms with van der Waals surface area (Å²) in [6.45, 7) is 4.27. The Morgan fingerprint density at radius 2 is 2.17 bits per heavy atom. The van der Waals surface area contributed by atoms with Crippen LogP contribution in [-0.2, 0) is 11.2 Å². The molecule has 0 amide bonds. The molecule has 0 spiro atoms. The van der Waals surface area contributed by atoms with Crippen molar-refractivity contribution in [2.75, 3.05) is 6.61 Å². The minimum atomic E-state index is -0.771. The van der Waals surface area contributed by atoms with E-state index in [4.69, 9.17) is 9.84 Å². The molecule has 1 fully saturated rings. The van der Waals surface area contributed by atoms with Crippen LogP contribution < -0.4 is 4.74 Å². The molecule has 0 aromatic heterocycles. The smallest absolute Gasteiger partial charge is 0.309 e. The fourth-order valence-electron chi connectivity index (χ4n) is 1.83. The van der Waals surface area contributed by atoms with Crippen LogP contribution in [0.1, 0.15) is 32.3 Å². The van der Waals surface area contributed by atoms with Gasteiger partial charge in [-0.3, -0.25) is 4.79 Å². The van der Waals surface area contributed by atoms with Gasteiger partial charge < -0.3 is 9.84 Å². The Morgan fingerprint density at radius 1 is 1.44 bits per heavy atom. The van der Waals surface area contributed by atoms with Crippen molar-refractivity contribution in [2.45, 2.75) is 33.1 Å². The maximum absolute atomic E-state index is 11.1. The Hall–Kier alpha value is -1.51. The van der Waals surface area contributed by atoms with Crippen LogP contribution in [0.25, 0.3) is 0 Å². The Labute approximate surface area is 108 Å². The molecule has 98 valence electrons. The first-order valence-electron chi connectivity index (χ1n) is 6.42. The first-order chi connectivity index (χ1) is 8.47. The lowest BCUT2D eigenvalue weighted by Crippen LogP contribution is -2.26. The first-order valence-corrected chi connectivity index (χ1v) is 6.42. The molecule has 0 aliphatic heterocycles. The van der Waals surface area contributed by atoms with Gasteiger partial charge in [-0.25, -0.2) is 0 Å². The molecule has 1 aliphatic carbocycles. The Bertz CT molecular complexity index is 433. The molecule has 3 nitrogen and oxygen atoms in total. The van der Waals surface area contributed by atoms with Crippen molar-refractivity contribution >= 4 is 5.97 Å². The highest BCUT2D eigenvalue weighted by atomic mass is 16.5. The van der Waals surface area contributed by atoms with Crippen LogP contribution in [0, 0.1) is 11.3 Å². The van der Waals surface area contributed by atoms with Crippen LogP contribution in [-0.4, -0.2) is 17.7 Å². The van der Waals surface area contributed by atoms with Crippen LogP contribution in [0.2, 0.25) is 0 Å². The predicted molar refractivity (Wildman–Crippen MR) is 69.8 cm³/mol. The maximum Gasteiger partial charge on any atom is 0.309 e. The summed E-state index contributed by atoms with van der Waals surface area (Å²) in [7, 11) is 0. The van der Waals surface area contributed by atoms with E-state index in [0.717, 1.165) is 23.8 Å². The van der Waals surface area contributed by atoms with Gasteiger partial charge in [-0.05, 0) is 56.7 Å². The average Bonchev–Trinajstić information content (AvgIpc) is 3.10. The summed E-state index contributed by atoms with van der Waals surface area (Å²) in [5.74, 6) is 0.802. The number of carboxylic acid groups (broad SMARTS) is 1. The van der Waals surface area contributed by atoms with Gasteiger partial charge in [0.2, 0.25) is 0 Å². The fraction of sp³-hybridized carbons (Fsp3) is 0.533. The van der Waals surface area contributed by atoms with Crippen LogP contribution in [0.15, 0.2) is 24.3 Å². The fourth-order valence-corrected chi connectivity index (χ4v) is 1.83. The molecule has 0 heterocycles. The lowest BCUT2D eigenvalue weighted by molar-refractivity contribution is -0.146. The molecule has 1 aromatic carbocycles. The zero-order valence-electron chi connectivity index (χ0n) is 11.0. The van der Waals surface area contributed by atoms with Crippen LogP contribution >= 0.6 is 0 Å². The molecular weight excluding hydrogens is 228 g/mol. The van der Waals surface area contributed by atoms with E-state index in [1.807, 2.05) is 24.3 Å². The maximum atomic E-state index is 11.1. The van der Waals surface area contributed by atoms with Gasteiger partial charge in [0, 0.05) is 0 Å². The van der Waals surface area contributed by atoms with E-state index >= 15 is 0 Å². The third kappa shape index (κ3) is 3.49. The monoisotopic (exact) mass is 248 g/mol. The summed E-state index contributed by atoms with van der Waals surface area (Å²) >= 11 is 0. The highest BCUT2D eigenvalue weighted by Crippen LogP contribution is 2.30. The number of ether oxygens (including phenoxy) is 1. The summed E-state index contributed by atoms with van der Waals surface area (Å²) in [4.78, 5) is 11.1. The molecule has 0 unspecified atom stereocenters. The van der Waals surface area contributed by atoms with E-state index in [1.54, 1.807) is 13.8 Å². The molecule has 1 aromatic rings. The lowest BCUT2D eigenvalue weighted by Gasteiger charge is -2.19. The molecule has 0 atom stereocenters. The third-order valence-corrected chi connectivity index (χ3v) is 3.31. The van der Waals surface area contributed by atoms with Crippen LogP contribution in [0.4, 0.5) is 0 Å². The van der Waals surface area contributed by atoms with Gasteiger partial charge >= 0.3 is 5.97 Å². The molecule has 2 rings (SSSR count). The number of aliphatic carboxylic acids is 1. The molecule has 1 aliphatic rings. The van der Waals surface area contributed by atoms with Crippen molar-refractivity contribution in [3.63, 3.8) is 0 Å². The topological polar surface area (TPSA) is 46.5 Å². The second-order valence-corrected chi connectivity index (χ2v) is 5.77. The predicted octanol–water partition coefficient (Wildman–Crippen LogP) is 3.13. The molecule has 3 heteroatoms. The third-order valence-electron chi connectivity index (χ3n) is 3.31. The van der Waals surface area contributed by atoms with Gasteiger partial charge in [0.05, 0.1) is 12.0 Å². The molecular formula is C15H20O3. The van der Waals surface area contributed by atoms with Crippen molar-refractivity contribution in [2.24, 2.45) is 11.3 Å². The highest BCUT2D eigenvalue weighted by Gasteiger charge is 2.27. The van der Waals surface area contributed by atoms with Gasteiger partial charge in [-0.2, -0.15) is 0 Å². The summed E-state index contributed by atoms with van der Waals surface area (Å²) in [6, 6.07) is 7.76.